The van der Waals surface area contributed by atoms with Gasteiger partial charge in [-0.05, 0) is 6.07 Å². The van der Waals surface area contributed by atoms with E-state index in [1.165, 1.54) is 11.3 Å². The van der Waals surface area contributed by atoms with Crippen LogP contribution >= 0.6 is 11.3 Å². The molecule has 104 valence electrons. The molecule has 1 aliphatic heterocycles. The van der Waals surface area contributed by atoms with Gasteiger partial charge in [0, 0.05) is 11.6 Å². The van der Waals surface area contributed by atoms with Crippen LogP contribution in [0.1, 0.15) is 10.6 Å². The topological polar surface area (TPSA) is 13.1 Å². The second-order valence-electron chi connectivity index (χ2n) is 4.83. The maximum atomic E-state index is 14.5. The molecule has 4 rings (SSSR count). The number of hydrogen-bond acceptors (Lipinski definition) is 2. The van der Waals surface area contributed by atoms with Crippen LogP contribution in [0.2, 0.25) is 0 Å². The molecule has 6 heteroatoms. The first-order valence-electron chi connectivity index (χ1n) is 6.56. The van der Waals surface area contributed by atoms with Gasteiger partial charge in [0.05, 0.1) is 16.5 Å². The Balaban J connectivity index is 1.97. The van der Waals surface area contributed by atoms with Crippen molar-refractivity contribution >= 4 is 40.4 Å². The number of thiazole rings is 1. The van der Waals surface area contributed by atoms with Crippen molar-refractivity contribution in [3.63, 3.8) is 0 Å². The summed E-state index contributed by atoms with van der Waals surface area (Å²) in [6, 6.07) is 16.1. The molecule has 0 unspecified atom stereocenters. The quantitative estimate of drug-likeness (QED) is 0.621. The summed E-state index contributed by atoms with van der Waals surface area (Å²) in [7, 11) is -4.12. The van der Waals surface area contributed by atoms with E-state index in [1.807, 2.05) is 18.2 Å². The summed E-state index contributed by atoms with van der Waals surface area (Å²) in [5, 5.41) is 0.506. The molecule has 0 fully saturated rings. The Morgan fingerprint density at radius 1 is 0.952 bits per heavy atom. The second kappa shape index (κ2) is 4.39. The van der Waals surface area contributed by atoms with Crippen LogP contribution in [-0.4, -0.2) is 7.04 Å². The number of fused-ring (bicyclic) bond motifs is 3. The van der Waals surface area contributed by atoms with Crippen molar-refractivity contribution < 1.29 is 17.8 Å². The first-order chi connectivity index (χ1) is 10.1. The summed E-state index contributed by atoms with van der Waals surface area (Å²) < 4.78 is 35.8. The number of nitrogens with zero attached hydrogens (tertiary/aromatic N) is 1. The predicted octanol–water partition coefficient (Wildman–Crippen LogP) is 3.94. The maximum Gasteiger partial charge on any atom is 0.835 e. The molecule has 0 radical (unpaired) electrons. The largest absolute Gasteiger partial charge is 0.835 e. The summed E-state index contributed by atoms with van der Waals surface area (Å²) in [6.45, 7) is 0. The Kier molecular flexibility index (Phi) is 2.62. The predicted molar refractivity (Wildman–Crippen MR) is 80.8 cm³/mol. The van der Waals surface area contributed by atoms with Crippen molar-refractivity contribution in [2.45, 2.75) is 0 Å². The van der Waals surface area contributed by atoms with E-state index in [1.54, 1.807) is 42.5 Å². The minimum Gasteiger partial charge on any atom is -0.599 e. The van der Waals surface area contributed by atoms with Gasteiger partial charge < -0.3 is 13.3 Å². The molecule has 0 amide bonds. The monoisotopic (exact) mass is 301 g/mol. The smallest absolute Gasteiger partial charge is 0.599 e. The number of aromatic nitrogens is 1. The van der Waals surface area contributed by atoms with Crippen LogP contribution in [-0.2, 0) is 4.65 Å². The van der Waals surface area contributed by atoms with Gasteiger partial charge in [-0.2, -0.15) is 0 Å². The first kappa shape index (κ1) is 12.5. The molecule has 2 nitrogen and oxygen atoms in total. The Morgan fingerprint density at radius 3 is 2.48 bits per heavy atom. The van der Waals surface area contributed by atoms with E-state index in [0.29, 0.717) is 16.1 Å². The fourth-order valence-corrected chi connectivity index (χ4v) is 3.67. The third kappa shape index (κ3) is 1.94. The van der Waals surface area contributed by atoms with E-state index in [0.717, 1.165) is 9.18 Å². The number of hydrogen-bond donors (Lipinski definition) is 0. The van der Waals surface area contributed by atoms with Gasteiger partial charge in [0.15, 0.2) is 5.52 Å². The molecule has 21 heavy (non-hydrogen) atoms. The molecule has 1 aliphatic rings. The van der Waals surface area contributed by atoms with E-state index in [-0.39, 0.29) is 5.76 Å². The molecule has 2 aromatic carbocycles. The third-order valence-electron chi connectivity index (χ3n) is 3.46. The van der Waals surface area contributed by atoms with Crippen molar-refractivity contribution in [3.8, 4) is 0 Å². The van der Waals surface area contributed by atoms with E-state index in [2.05, 4.69) is 0 Å². The molecule has 2 heterocycles. The Bertz CT molecular complexity index is 860. The molecule has 0 saturated carbocycles. The molecule has 0 atom stereocenters. The Hall–Kier alpha value is -2.21. The highest BCUT2D eigenvalue weighted by atomic mass is 32.1. The molecule has 0 spiro atoms. The van der Waals surface area contributed by atoms with Crippen LogP contribution in [0.3, 0.4) is 0 Å². The lowest BCUT2D eigenvalue weighted by Gasteiger charge is -2.26. The third-order valence-corrected chi connectivity index (χ3v) is 4.55. The number of para-hydroxylation sites is 1. The standard InChI is InChI=1S/C15H10BF2NOS/c17-16(18)19-12-8-4-5-9-14(12)21-15(19)10-13(20-16)11-6-2-1-3-7-11/h1-10H. The molecule has 0 saturated heterocycles. The second-order valence-corrected chi connectivity index (χ2v) is 5.89. The highest BCUT2D eigenvalue weighted by Crippen LogP contribution is 2.33. The lowest BCUT2D eigenvalue weighted by molar-refractivity contribution is -0.551. The molecule has 3 aromatic rings. The molecule has 1 aromatic heterocycles. The zero-order valence-corrected chi connectivity index (χ0v) is 11.7. The Labute approximate surface area is 124 Å². The maximum absolute atomic E-state index is 14.5. The average Bonchev–Trinajstić information content (AvgIpc) is 2.86. The van der Waals surface area contributed by atoms with Gasteiger partial charge in [0.2, 0.25) is 5.01 Å². The van der Waals surface area contributed by atoms with Crippen molar-refractivity contribution in [2.24, 2.45) is 0 Å². The zero-order valence-electron chi connectivity index (χ0n) is 10.9. The molecular weight excluding hydrogens is 291 g/mol. The summed E-state index contributed by atoms with van der Waals surface area (Å²) >= 11 is 1.34. The summed E-state index contributed by atoms with van der Waals surface area (Å²) in [5.74, 6) is 0.215. The van der Waals surface area contributed by atoms with Gasteiger partial charge in [0.1, 0.15) is 0 Å². The van der Waals surface area contributed by atoms with Gasteiger partial charge >= 0.3 is 7.04 Å². The van der Waals surface area contributed by atoms with Crippen molar-refractivity contribution in [1.82, 2.24) is 0 Å². The minimum absolute atomic E-state index is 0.215. The van der Waals surface area contributed by atoms with Crippen LogP contribution in [0, 0.1) is 0 Å². The van der Waals surface area contributed by atoms with Crippen LogP contribution < -0.4 is 4.48 Å². The van der Waals surface area contributed by atoms with E-state index in [9.17, 15) is 8.63 Å². The highest BCUT2D eigenvalue weighted by molar-refractivity contribution is 7.19. The normalized spacial score (nSPS) is 16.2. The summed E-state index contributed by atoms with van der Waals surface area (Å²) in [6.07, 6.45) is 1.68. The molecule has 0 N–H and O–H groups in total. The molecule has 0 aliphatic carbocycles. The van der Waals surface area contributed by atoms with Crippen LogP contribution in [0.5, 0.6) is 0 Å². The molecule has 0 bridgehead atoms. The van der Waals surface area contributed by atoms with Crippen molar-refractivity contribution in [3.05, 3.63) is 65.2 Å². The van der Waals surface area contributed by atoms with Crippen LogP contribution in [0.15, 0.2) is 54.6 Å². The van der Waals surface area contributed by atoms with E-state index < -0.39 is 7.04 Å². The number of benzene rings is 2. The van der Waals surface area contributed by atoms with Crippen LogP contribution in [0.4, 0.5) is 8.63 Å². The lowest BCUT2D eigenvalue weighted by Crippen LogP contribution is -2.62. The van der Waals surface area contributed by atoms with Gasteiger partial charge in [-0.15, -0.1) is 0 Å². The van der Waals surface area contributed by atoms with Crippen molar-refractivity contribution in [2.75, 3.05) is 0 Å². The SMILES string of the molecule is F[B-]1(F)OC(c2ccccc2)=Cc2sc3ccccc3[n+]21. The lowest BCUT2D eigenvalue weighted by atomic mass is 10.0. The van der Waals surface area contributed by atoms with Gasteiger partial charge in [-0.1, -0.05) is 53.8 Å². The summed E-state index contributed by atoms with van der Waals surface area (Å²) in [4.78, 5) is 0. The number of halogens is 2. The van der Waals surface area contributed by atoms with Crippen LogP contribution in [0.25, 0.3) is 22.1 Å². The van der Waals surface area contributed by atoms with Crippen molar-refractivity contribution in [1.29, 1.82) is 0 Å². The zero-order chi connectivity index (χ0) is 14.4. The summed E-state index contributed by atoms with van der Waals surface area (Å²) in [5.41, 5.74) is 1.16. The van der Waals surface area contributed by atoms with E-state index in [4.69, 9.17) is 4.65 Å². The van der Waals surface area contributed by atoms with E-state index >= 15 is 0 Å². The fourth-order valence-electron chi connectivity index (χ4n) is 2.54. The molecular formula is C15H10BF2NOS. The van der Waals surface area contributed by atoms with Gasteiger partial charge in [0.25, 0.3) is 0 Å². The first-order valence-corrected chi connectivity index (χ1v) is 7.37. The Morgan fingerprint density at radius 2 is 1.67 bits per heavy atom. The van der Waals surface area contributed by atoms with Gasteiger partial charge in [-0.25, -0.2) is 0 Å². The van der Waals surface area contributed by atoms with Gasteiger partial charge in [-0.3, -0.25) is 4.48 Å². The average molecular weight is 301 g/mol. The minimum atomic E-state index is -4.12. The number of rotatable bonds is 1. The fraction of sp³-hybridized carbons (Fsp3) is 0. The highest BCUT2D eigenvalue weighted by Gasteiger charge is 2.51.